The fraction of sp³-hybridized carbons (Fsp3) is 0.348. The summed E-state index contributed by atoms with van der Waals surface area (Å²) in [5.41, 5.74) is 3.46. The van der Waals surface area contributed by atoms with Gasteiger partial charge in [-0.25, -0.2) is 4.39 Å². The number of nitrogens with zero attached hydrogens (tertiary/aromatic N) is 2. The smallest absolute Gasteiger partial charge is 0.229 e. The topological polar surface area (TPSA) is 69.7 Å². The van der Waals surface area contributed by atoms with Gasteiger partial charge in [-0.05, 0) is 49.2 Å². The molecule has 0 aliphatic carbocycles. The largest absolute Gasteiger partial charge is 0.325 e. The lowest BCUT2D eigenvalue weighted by atomic mass is 10.1. The molecule has 1 saturated heterocycles. The monoisotopic (exact) mass is 409 g/mol. The van der Waals surface area contributed by atoms with E-state index in [0.717, 1.165) is 23.4 Å². The Bertz CT molecular complexity index is 1040. The molecule has 1 N–H and O–H groups in total. The lowest BCUT2D eigenvalue weighted by Gasteiger charge is -2.20. The Kier molecular flexibility index (Phi) is 5.28. The van der Waals surface area contributed by atoms with Crippen LogP contribution in [0.4, 0.5) is 21.5 Å². The predicted octanol–water partition coefficient (Wildman–Crippen LogP) is 3.42. The van der Waals surface area contributed by atoms with Crippen molar-refractivity contribution < 1.29 is 18.8 Å². The molecule has 0 spiro atoms. The number of hydrogen-bond donors (Lipinski definition) is 1. The second kappa shape index (κ2) is 7.89. The van der Waals surface area contributed by atoms with Crippen molar-refractivity contribution in [1.82, 2.24) is 0 Å². The summed E-state index contributed by atoms with van der Waals surface area (Å²) >= 11 is 0. The Morgan fingerprint density at radius 3 is 2.80 bits per heavy atom. The van der Waals surface area contributed by atoms with Gasteiger partial charge in [-0.15, -0.1) is 0 Å². The van der Waals surface area contributed by atoms with E-state index in [-0.39, 0.29) is 36.5 Å². The van der Waals surface area contributed by atoms with E-state index < -0.39 is 5.92 Å². The van der Waals surface area contributed by atoms with Gasteiger partial charge in [-0.1, -0.05) is 13.0 Å². The standard InChI is InChI=1S/C23H24FN3O3/c1-3-21(28)26-10-9-15-11-17(7-8-20(15)26)27-13-16(12-22(27)29)23(30)25-19-6-4-5-18(24)14(19)2/h4-8,11,16H,3,9-10,12-13H2,1-2H3,(H,25,30)/t16-/m0/s1. The minimum atomic E-state index is -0.508. The van der Waals surface area contributed by atoms with Gasteiger partial charge in [0.25, 0.3) is 0 Å². The second-order valence-corrected chi connectivity index (χ2v) is 7.77. The summed E-state index contributed by atoms with van der Waals surface area (Å²) < 4.78 is 13.7. The first-order valence-corrected chi connectivity index (χ1v) is 10.2. The summed E-state index contributed by atoms with van der Waals surface area (Å²) in [5, 5.41) is 2.75. The van der Waals surface area contributed by atoms with E-state index in [1.165, 1.54) is 6.07 Å². The first-order valence-electron chi connectivity index (χ1n) is 10.2. The summed E-state index contributed by atoms with van der Waals surface area (Å²) in [6.45, 7) is 4.37. The normalized spacial score (nSPS) is 18.0. The van der Waals surface area contributed by atoms with Crippen molar-refractivity contribution in [1.29, 1.82) is 0 Å². The molecular formula is C23H24FN3O3. The highest BCUT2D eigenvalue weighted by atomic mass is 19.1. The molecule has 3 amide bonds. The van der Waals surface area contributed by atoms with Crippen molar-refractivity contribution in [3.63, 3.8) is 0 Å². The molecule has 0 aromatic heterocycles. The van der Waals surface area contributed by atoms with Crippen LogP contribution < -0.4 is 15.1 Å². The maximum absolute atomic E-state index is 13.7. The molecular weight excluding hydrogens is 385 g/mol. The molecule has 6 nitrogen and oxygen atoms in total. The van der Waals surface area contributed by atoms with Gasteiger partial charge in [-0.2, -0.15) is 0 Å². The number of anilines is 3. The number of carbonyl (C=O) groups excluding carboxylic acids is 3. The number of amides is 3. The molecule has 156 valence electrons. The van der Waals surface area contributed by atoms with Gasteiger partial charge in [0.15, 0.2) is 0 Å². The number of benzene rings is 2. The number of hydrogen-bond acceptors (Lipinski definition) is 3. The zero-order chi connectivity index (χ0) is 21.4. The van der Waals surface area contributed by atoms with Crippen molar-refractivity contribution in [3.8, 4) is 0 Å². The Morgan fingerprint density at radius 1 is 1.23 bits per heavy atom. The Morgan fingerprint density at radius 2 is 2.03 bits per heavy atom. The maximum Gasteiger partial charge on any atom is 0.229 e. The molecule has 0 bridgehead atoms. The lowest BCUT2D eigenvalue weighted by molar-refractivity contribution is -0.122. The Hall–Kier alpha value is -3.22. The Balaban J connectivity index is 1.48. The quantitative estimate of drug-likeness (QED) is 0.841. The van der Waals surface area contributed by atoms with Gasteiger partial charge in [0.05, 0.1) is 5.92 Å². The summed E-state index contributed by atoms with van der Waals surface area (Å²) in [5.74, 6) is -1.22. The summed E-state index contributed by atoms with van der Waals surface area (Å²) in [6.07, 6.45) is 1.31. The highest BCUT2D eigenvalue weighted by Crippen LogP contribution is 2.34. The fourth-order valence-electron chi connectivity index (χ4n) is 4.12. The summed E-state index contributed by atoms with van der Waals surface area (Å²) in [4.78, 5) is 40.8. The van der Waals surface area contributed by atoms with Crippen LogP contribution in [0.3, 0.4) is 0 Å². The van der Waals surface area contributed by atoms with E-state index in [2.05, 4.69) is 5.32 Å². The molecule has 0 unspecified atom stereocenters. The molecule has 1 fully saturated rings. The van der Waals surface area contributed by atoms with Crippen LogP contribution in [0.1, 0.15) is 30.9 Å². The van der Waals surface area contributed by atoms with Crippen LogP contribution in [-0.4, -0.2) is 30.8 Å². The fourth-order valence-corrected chi connectivity index (χ4v) is 4.12. The van der Waals surface area contributed by atoms with Gasteiger partial charge in [0.2, 0.25) is 17.7 Å². The minimum absolute atomic E-state index is 0.0862. The molecule has 2 aliphatic heterocycles. The summed E-state index contributed by atoms with van der Waals surface area (Å²) in [7, 11) is 0. The maximum atomic E-state index is 13.7. The third-order valence-electron chi connectivity index (χ3n) is 5.90. The van der Waals surface area contributed by atoms with Gasteiger partial charge in [0.1, 0.15) is 5.82 Å². The van der Waals surface area contributed by atoms with Crippen molar-refractivity contribution in [2.75, 3.05) is 28.2 Å². The molecule has 0 saturated carbocycles. The van der Waals surface area contributed by atoms with Crippen molar-refractivity contribution in [2.45, 2.75) is 33.1 Å². The lowest BCUT2D eigenvalue weighted by Crippen LogP contribution is -2.28. The van der Waals surface area contributed by atoms with Crippen LogP contribution in [-0.2, 0) is 20.8 Å². The molecule has 2 aromatic rings. The summed E-state index contributed by atoms with van der Waals surface area (Å²) in [6, 6.07) is 10.2. The molecule has 1 atom stereocenters. The van der Waals surface area contributed by atoms with E-state index in [1.54, 1.807) is 28.9 Å². The second-order valence-electron chi connectivity index (χ2n) is 7.77. The number of carbonyl (C=O) groups is 3. The van der Waals surface area contributed by atoms with E-state index in [9.17, 15) is 18.8 Å². The van der Waals surface area contributed by atoms with Crippen molar-refractivity contribution in [3.05, 3.63) is 53.3 Å². The minimum Gasteiger partial charge on any atom is -0.325 e. The SMILES string of the molecule is CCC(=O)N1CCc2cc(N3C[C@@H](C(=O)Nc4cccc(F)c4C)CC3=O)ccc21. The van der Waals surface area contributed by atoms with Gasteiger partial charge < -0.3 is 15.1 Å². The average Bonchev–Trinajstić information content (AvgIpc) is 3.34. The number of rotatable bonds is 4. The highest BCUT2D eigenvalue weighted by Gasteiger charge is 2.36. The number of halogens is 1. The van der Waals surface area contributed by atoms with Gasteiger partial charge >= 0.3 is 0 Å². The first kappa shape index (κ1) is 20.1. The van der Waals surface area contributed by atoms with E-state index in [4.69, 9.17) is 0 Å². The molecule has 2 aliphatic rings. The zero-order valence-corrected chi connectivity index (χ0v) is 17.1. The van der Waals surface area contributed by atoms with Crippen LogP contribution in [0.15, 0.2) is 36.4 Å². The third-order valence-corrected chi connectivity index (χ3v) is 5.90. The van der Waals surface area contributed by atoms with Crippen molar-refractivity contribution in [2.24, 2.45) is 5.92 Å². The molecule has 2 aromatic carbocycles. The van der Waals surface area contributed by atoms with Crippen LogP contribution >= 0.6 is 0 Å². The van der Waals surface area contributed by atoms with Crippen molar-refractivity contribution >= 4 is 34.8 Å². The molecule has 2 heterocycles. The van der Waals surface area contributed by atoms with Crippen LogP contribution in [0, 0.1) is 18.7 Å². The van der Waals surface area contributed by atoms with Crippen LogP contribution in [0.2, 0.25) is 0 Å². The van der Waals surface area contributed by atoms with E-state index in [1.807, 2.05) is 25.1 Å². The zero-order valence-electron chi connectivity index (χ0n) is 17.1. The molecule has 30 heavy (non-hydrogen) atoms. The third kappa shape index (κ3) is 3.56. The first-order chi connectivity index (χ1) is 14.4. The number of nitrogens with one attached hydrogen (secondary N) is 1. The number of fused-ring (bicyclic) bond motifs is 1. The predicted molar refractivity (Wildman–Crippen MR) is 113 cm³/mol. The van der Waals surface area contributed by atoms with Gasteiger partial charge in [-0.3, -0.25) is 14.4 Å². The highest BCUT2D eigenvalue weighted by molar-refractivity contribution is 6.04. The van der Waals surface area contributed by atoms with E-state index >= 15 is 0 Å². The van der Waals surface area contributed by atoms with Gasteiger partial charge in [0, 0.05) is 48.6 Å². The van der Waals surface area contributed by atoms with E-state index in [0.29, 0.717) is 24.2 Å². The molecule has 4 rings (SSSR count). The average molecular weight is 409 g/mol. The van der Waals surface area contributed by atoms with Crippen LogP contribution in [0.25, 0.3) is 0 Å². The van der Waals surface area contributed by atoms with Crippen LogP contribution in [0.5, 0.6) is 0 Å². The molecule has 0 radical (unpaired) electrons. The molecule has 7 heteroatoms. The Labute approximate surface area is 174 Å².